The quantitative estimate of drug-likeness (QED) is 0.754. The highest BCUT2D eigenvalue weighted by Gasteiger charge is 2.36. The summed E-state index contributed by atoms with van der Waals surface area (Å²) in [5, 5.41) is 6.29. The first-order valence-corrected chi connectivity index (χ1v) is 9.80. The van der Waals surface area contributed by atoms with Gasteiger partial charge >= 0.3 is 0 Å². The third kappa shape index (κ3) is 5.96. The van der Waals surface area contributed by atoms with Crippen LogP contribution < -0.4 is 10.6 Å². The number of nitrogens with one attached hydrogen (secondary N) is 2. The van der Waals surface area contributed by atoms with E-state index >= 15 is 0 Å². The molecule has 2 amide bonds. The first-order valence-electron chi connectivity index (χ1n) is 9.80. The lowest BCUT2D eigenvalue weighted by Crippen LogP contribution is -2.58. The lowest BCUT2D eigenvalue weighted by molar-refractivity contribution is -0.139. The Bertz CT molecular complexity index is 449. The van der Waals surface area contributed by atoms with Crippen LogP contribution in [0.3, 0.4) is 0 Å². The highest BCUT2D eigenvalue weighted by molar-refractivity contribution is 5.90. The molecule has 2 atom stereocenters. The van der Waals surface area contributed by atoms with Gasteiger partial charge in [-0.05, 0) is 50.7 Å². The summed E-state index contributed by atoms with van der Waals surface area (Å²) < 4.78 is 0. The number of piperidine rings is 1. The fourth-order valence-corrected chi connectivity index (χ4v) is 3.60. The molecule has 2 aliphatic rings. The Hall–Kier alpha value is -1.14. The van der Waals surface area contributed by atoms with Crippen LogP contribution >= 0.6 is 0 Å². The average molecular weight is 353 g/mol. The topological polar surface area (TPSA) is 64.7 Å². The van der Waals surface area contributed by atoms with Crippen LogP contribution in [0, 0.1) is 5.41 Å². The van der Waals surface area contributed by atoms with Crippen molar-refractivity contribution < 1.29 is 9.59 Å². The van der Waals surface area contributed by atoms with Gasteiger partial charge in [-0.3, -0.25) is 9.59 Å². The van der Waals surface area contributed by atoms with Gasteiger partial charge in [-0.1, -0.05) is 27.2 Å². The maximum atomic E-state index is 13.0. The van der Waals surface area contributed by atoms with Crippen LogP contribution in [-0.4, -0.2) is 73.5 Å². The summed E-state index contributed by atoms with van der Waals surface area (Å²) in [6, 6.07) is -0.659. The molecule has 2 aliphatic heterocycles. The SMILES string of the molecule is CN(CCN1CCCC1)C(=O)C(NC(=O)C1CCCCN1)C(C)(C)C. The van der Waals surface area contributed by atoms with Crippen LogP contribution in [0.25, 0.3) is 0 Å². The lowest BCUT2D eigenvalue weighted by atomic mass is 9.85. The molecule has 6 heteroatoms. The summed E-state index contributed by atoms with van der Waals surface area (Å²) in [4.78, 5) is 29.8. The van der Waals surface area contributed by atoms with Gasteiger partial charge in [0.05, 0.1) is 6.04 Å². The summed E-state index contributed by atoms with van der Waals surface area (Å²) in [6.45, 7) is 10.8. The van der Waals surface area contributed by atoms with E-state index in [1.54, 1.807) is 4.90 Å². The van der Waals surface area contributed by atoms with Crippen LogP contribution in [0.1, 0.15) is 52.9 Å². The van der Waals surface area contributed by atoms with Gasteiger partial charge in [-0.2, -0.15) is 0 Å². The van der Waals surface area contributed by atoms with Gasteiger partial charge in [0.15, 0.2) is 0 Å². The molecule has 0 saturated carbocycles. The number of hydrogen-bond acceptors (Lipinski definition) is 4. The van der Waals surface area contributed by atoms with Gasteiger partial charge in [0.25, 0.3) is 0 Å². The number of nitrogens with zero attached hydrogens (tertiary/aromatic N) is 2. The van der Waals surface area contributed by atoms with Gasteiger partial charge in [-0.15, -0.1) is 0 Å². The van der Waals surface area contributed by atoms with E-state index in [1.807, 2.05) is 27.8 Å². The molecule has 2 heterocycles. The molecule has 0 aromatic heterocycles. The molecule has 2 N–H and O–H groups in total. The zero-order valence-electron chi connectivity index (χ0n) is 16.4. The smallest absolute Gasteiger partial charge is 0.245 e. The van der Waals surface area contributed by atoms with E-state index in [2.05, 4.69) is 15.5 Å². The summed E-state index contributed by atoms with van der Waals surface area (Å²) in [6.07, 6.45) is 5.54. The van der Waals surface area contributed by atoms with Crippen LogP contribution in [-0.2, 0) is 9.59 Å². The Morgan fingerprint density at radius 2 is 1.88 bits per heavy atom. The van der Waals surface area contributed by atoms with Crippen molar-refractivity contribution in [1.29, 1.82) is 0 Å². The van der Waals surface area contributed by atoms with Gasteiger partial charge in [-0.25, -0.2) is 0 Å². The molecule has 0 aliphatic carbocycles. The second-order valence-electron chi connectivity index (χ2n) is 8.62. The minimum atomic E-state index is -0.493. The predicted molar refractivity (Wildman–Crippen MR) is 100 cm³/mol. The Labute approximate surface area is 152 Å². The molecule has 2 rings (SSSR count). The minimum absolute atomic E-state index is 0.0101. The van der Waals surface area contributed by atoms with E-state index in [-0.39, 0.29) is 23.3 Å². The zero-order chi connectivity index (χ0) is 18.4. The molecule has 0 aromatic rings. The first kappa shape index (κ1) is 20.2. The Balaban J connectivity index is 1.92. The van der Waals surface area contributed by atoms with Crippen molar-refractivity contribution in [2.75, 3.05) is 39.8 Å². The first-order chi connectivity index (χ1) is 11.8. The number of hydrogen-bond donors (Lipinski definition) is 2. The van der Waals surface area contributed by atoms with Crippen LogP contribution in [0.5, 0.6) is 0 Å². The fraction of sp³-hybridized carbons (Fsp3) is 0.895. The molecule has 0 spiro atoms. The summed E-state index contributed by atoms with van der Waals surface area (Å²) in [5.41, 5.74) is -0.316. The van der Waals surface area contributed by atoms with Crippen molar-refractivity contribution in [3.8, 4) is 0 Å². The highest BCUT2D eigenvalue weighted by Crippen LogP contribution is 2.22. The van der Waals surface area contributed by atoms with E-state index in [0.29, 0.717) is 6.54 Å². The molecular weight excluding hydrogens is 316 g/mol. The number of rotatable bonds is 6. The fourth-order valence-electron chi connectivity index (χ4n) is 3.60. The van der Waals surface area contributed by atoms with E-state index < -0.39 is 6.04 Å². The molecule has 0 bridgehead atoms. The van der Waals surface area contributed by atoms with Crippen LogP contribution in [0.15, 0.2) is 0 Å². The second-order valence-corrected chi connectivity index (χ2v) is 8.62. The molecule has 6 nitrogen and oxygen atoms in total. The molecule has 2 fully saturated rings. The third-order valence-electron chi connectivity index (χ3n) is 5.35. The zero-order valence-corrected chi connectivity index (χ0v) is 16.4. The molecule has 2 unspecified atom stereocenters. The number of carbonyl (C=O) groups is 2. The maximum absolute atomic E-state index is 13.0. The maximum Gasteiger partial charge on any atom is 0.245 e. The number of likely N-dealkylation sites (tertiary alicyclic amines) is 1. The number of carbonyl (C=O) groups excluding carboxylic acids is 2. The van der Waals surface area contributed by atoms with E-state index in [1.165, 1.54) is 12.8 Å². The van der Waals surface area contributed by atoms with Crippen molar-refractivity contribution in [1.82, 2.24) is 20.4 Å². The minimum Gasteiger partial charge on any atom is -0.343 e. The monoisotopic (exact) mass is 352 g/mol. The molecule has 2 saturated heterocycles. The highest BCUT2D eigenvalue weighted by atomic mass is 16.2. The molecular formula is C19H36N4O2. The summed E-state index contributed by atoms with van der Waals surface area (Å²) in [7, 11) is 1.85. The van der Waals surface area contributed by atoms with Crippen molar-refractivity contribution in [3.63, 3.8) is 0 Å². The van der Waals surface area contributed by atoms with E-state index in [0.717, 1.165) is 45.4 Å². The third-order valence-corrected chi connectivity index (χ3v) is 5.35. The van der Waals surface area contributed by atoms with Crippen molar-refractivity contribution in [2.24, 2.45) is 5.41 Å². The lowest BCUT2D eigenvalue weighted by Gasteiger charge is -2.35. The normalized spacial score (nSPS) is 23.3. The van der Waals surface area contributed by atoms with Crippen molar-refractivity contribution in [2.45, 2.75) is 65.0 Å². The standard InChI is InChI=1S/C19H36N4O2/c1-19(2,3)16(21-17(24)15-9-5-6-10-20-15)18(25)22(4)13-14-23-11-7-8-12-23/h15-16,20H,5-14H2,1-4H3,(H,21,24). The molecule has 0 radical (unpaired) electrons. The number of likely N-dealkylation sites (N-methyl/N-ethyl adjacent to an activating group) is 1. The van der Waals surface area contributed by atoms with Crippen LogP contribution in [0.4, 0.5) is 0 Å². The second kappa shape index (κ2) is 8.99. The Kier molecular flexibility index (Phi) is 7.25. The van der Waals surface area contributed by atoms with Crippen LogP contribution in [0.2, 0.25) is 0 Å². The van der Waals surface area contributed by atoms with Gasteiger partial charge in [0, 0.05) is 20.1 Å². The average Bonchev–Trinajstić information content (AvgIpc) is 3.10. The van der Waals surface area contributed by atoms with Crippen molar-refractivity contribution >= 4 is 11.8 Å². The Morgan fingerprint density at radius 3 is 2.44 bits per heavy atom. The molecule has 0 aromatic carbocycles. The van der Waals surface area contributed by atoms with Crippen molar-refractivity contribution in [3.05, 3.63) is 0 Å². The summed E-state index contributed by atoms with van der Waals surface area (Å²) >= 11 is 0. The van der Waals surface area contributed by atoms with Gasteiger partial charge in [0.1, 0.15) is 6.04 Å². The predicted octanol–water partition coefficient (Wildman–Crippen LogP) is 1.21. The van der Waals surface area contributed by atoms with Gasteiger partial charge < -0.3 is 20.4 Å². The van der Waals surface area contributed by atoms with E-state index in [4.69, 9.17) is 0 Å². The van der Waals surface area contributed by atoms with Gasteiger partial charge in [0.2, 0.25) is 11.8 Å². The largest absolute Gasteiger partial charge is 0.343 e. The molecule has 25 heavy (non-hydrogen) atoms. The molecule has 144 valence electrons. The number of amides is 2. The Morgan fingerprint density at radius 1 is 1.20 bits per heavy atom. The summed E-state index contributed by atoms with van der Waals surface area (Å²) in [5.74, 6) is -0.0308. The van der Waals surface area contributed by atoms with E-state index in [9.17, 15) is 9.59 Å².